The zero-order chi connectivity index (χ0) is 16.7. The van der Waals surface area contributed by atoms with E-state index in [-0.39, 0.29) is 23.6 Å². The van der Waals surface area contributed by atoms with E-state index in [2.05, 4.69) is 5.32 Å². The molecule has 4 aliphatic rings. The fourth-order valence-corrected chi connectivity index (χ4v) is 5.43. The highest BCUT2D eigenvalue weighted by Crippen LogP contribution is 2.55. The van der Waals surface area contributed by atoms with Crippen LogP contribution in [-0.2, 0) is 9.53 Å². The molecule has 4 bridgehead atoms. The van der Waals surface area contributed by atoms with Crippen molar-refractivity contribution in [1.82, 2.24) is 5.32 Å². The molecule has 1 amide bonds. The maximum Gasteiger partial charge on any atom is 0.341 e. The van der Waals surface area contributed by atoms with Gasteiger partial charge in [-0.15, -0.1) is 0 Å². The average molecular weight is 331 g/mol. The summed E-state index contributed by atoms with van der Waals surface area (Å²) in [5.74, 6) is 0.493. The lowest BCUT2D eigenvalue weighted by Crippen LogP contribution is -2.60. The Labute approximate surface area is 140 Å². The van der Waals surface area contributed by atoms with Crippen molar-refractivity contribution in [3.05, 3.63) is 35.6 Å². The summed E-state index contributed by atoms with van der Waals surface area (Å²) in [5.41, 5.74) is -0.240. The standard InChI is InChI=1S/C19H22FNO3/c20-16-4-2-1-3-15(16)18(23)24-11-17(22)21-19-8-12-5-13(9-19)7-14(6-12)10-19/h1-4,12-14H,5-11H2,(H,21,22). The van der Waals surface area contributed by atoms with Crippen molar-refractivity contribution < 1.29 is 18.7 Å². The molecule has 0 aliphatic heterocycles. The molecular formula is C19H22FNO3. The number of rotatable bonds is 4. The SMILES string of the molecule is O=C(COC(=O)c1ccccc1F)NC12CC3CC(CC(C3)C1)C2. The Bertz CT molecular complexity index is 637. The van der Waals surface area contributed by atoms with Crippen molar-refractivity contribution in [3.63, 3.8) is 0 Å². The van der Waals surface area contributed by atoms with Crippen LogP contribution in [0, 0.1) is 23.6 Å². The molecule has 5 heteroatoms. The monoisotopic (exact) mass is 331 g/mol. The fraction of sp³-hybridized carbons (Fsp3) is 0.579. The largest absolute Gasteiger partial charge is 0.452 e. The minimum absolute atomic E-state index is 0.101. The number of hydrogen-bond acceptors (Lipinski definition) is 3. The van der Waals surface area contributed by atoms with Crippen LogP contribution in [-0.4, -0.2) is 24.0 Å². The van der Waals surface area contributed by atoms with Crippen LogP contribution in [0.2, 0.25) is 0 Å². The lowest BCUT2D eigenvalue weighted by molar-refractivity contribution is -0.130. The first kappa shape index (κ1) is 15.6. The average Bonchev–Trinajstić information content (AvgIpc) is 2.51. The second-order valence-electron chi connectivity index (χ2n) is 7.80. The predicted octanol–water partition coefficient (Wildman–Crippen LogP) is 3.07. The molecule has 4 nitrogen and oxygen atoms in total. The molecule has 0 atom stereocenters. The highest BCUT2D eigenvalue weighted by Gasteiger charge is 2.51. The van der Waals surface area contributed by atoms with Crippen LogP contribution in [0.3, 0.4) is 0 Å². The van der Waals surface area contributed by atoms with Crippen molar-refractivity contribution in [2.45, 2.75) is 44.1 Å². The molecule has 0 radical (unpaired) electrons. The Hall–Kier alpha value is -1.91. The number of carbonyl (C=O) groups is 2. The van der Waals surface area contributed by atoms with Crippen molar-refractivity contribution >= 4 is 11.9 Å². The minimum atomic E-state index is -0.797. The molecule has 0 saturated heterocycles. The van der Waals surface area contributed by atoms with E-state index in [4.69, 9.17) is 4.74 Å². The molecule has 24 heavy (non-hydrogen) atoms. The van der Waals surface area contributed by atoms with Gasteiger partial charge in [-0.25, -0.2) is 9.18 Å². The Kier molecular flexibility index (Phi) is 3.82. The number of hydrogen-bond donors (Lipinski definition) is 1. The van der Waals surface area contributed by atoms with E-state index in [0.717, 1.165) is 37.0 Å². The summed E-state index contributed by atoms with van der Waals surface area (Å²) in [6.45, 7) is -0.352. The molecule has 4 aliphatic carbocycles. The first-order valence-corrected chi connectivity index (χ1v) is 8.76. The highest BCUT2D eigenvalue weighted by molar-refractivity contribution is 5.91. The smallest absolute Gasteiger partial charge is 0.341 e. The minimum Gasteiger partial charge on any atom is -0.452 e. The van der Waals surface area contributed by atoms with Gasteiger partial charge in [0.25, 0.3) is 5.91 Å². The third kappa shape index (κ3) is 2.92. The van der Waals surface area contributed by atoms with Crippen molar-refractivity contribution in [1.29, 1.82) is 0 Å². The highest BCUT2D eigenvalue weighted by atomic mass is 19.1. The number of nitrogens with one attached hydrogen (secondary N) is 1. The van der Waals surface area contributed by atoms with Gasteiger partial charge >= 0.3 is 5.97 Å². The molecule has 1 N–H and O–H groups in total. The third-order valence-electron chi connectivity index (χ3n) is 5.87. The molecule has 4 saturated carbocycles. The third-order valence-corrected chi connectivity index (χ3v) is 5.87. The van der Waals surface area contributed by atoms with Crippen LogP contribution in [0.25, 0.3) is 0 Å². The van der Waals surface area contributed by atoms with E-state index in [1.165, 1.54) is 37.5 Å². The Balaban J connectivity index is 1.34. The Morgan fingerprint density at radius 2 is 1.67 bits per heavy atom. The number of ether oxygens (including phenoxy) is 1. The lowest BCUT2D eigenvalue weighted by atomic mass is 9.53. The van der Waals surface area contributed by atoms with Crippen LogP contribution in [0.1, 0.15) is 48.9 Å². The Morgan fingerprint density at radius 1 is 1.08 bits per heavy atom. The molecule has 128 valence electrons. The van der Waals surface area contributed by atoms with E-state index >= 15 is 0 Å². The van der Waals surface area contributed by atoms with E-state index in [1.54, 1.807) is 6.07 Å². The molecular weight excluding hydrogens is 309 g/mol. The van der Waals surface area contributed by atoms with Gasteiger partial charge in [-0.05, 0) is 68.4 Å². The van der Waals surface area contributed by atoms with Gasteiger partial charge in [0.1, 0.15) is 5.82 Å². The van der Waals surface area contributed by atoms with Crippen molar-refractivity contribution in [2.24, 2.45) is 17.8 Å². The molecule has 4 fully saturated rings. The number of halogens is 1. The summed E-state index contributed by atoms with van der Waals surface area (Å²) >= 11 is 0. The summed E-state index contributed by atoms with van der Waals surface area (Å²) in [7, 11) is 0. The Morgan fingerprint density at radius 3 is 2.25 bits per heavy atom. The van der Waals surface area contributed by atoms with Gasteiger partial charge in [-0.1, -0.05) is 12.1 Å². The lowest BCUT2D eigenvalue weighted by Gasteiger charge is -2.56. The van der Waals surface area contributed by atoms with Gasteiger partial charge in [-0.2, -0.15) is 0 Å². The second kappa shape index (κ2) is 5.87. The number of carbonyl (C=O) groups excluding carboxylic acids is 2. The first-order valence-electron chi connectivity index (χ1n) is 8.76. The van der Waals surface area contributed by atoms with Gasteiger partial charge in [-0.3, -0.25) is 4.79 Å². The molecule has 0 heterocycles. The van der Waals surface area contributed by atoms with E-state index < -0.39 is 11.8 Å². The van der Waals surface area contributed by atoms with Crippen LogP contribution in [0.5, 0.6) is 0 Å². The molecule has 1 aromatic rings. The normalized spacial score (nSPS) is 33.3. The molecule has 0 unspecified atom stereocenters. The van der Waals surface area contributed by atoms with Crippen LogP contribution in [0.4, 0.5) is 4.39 Å². The van der Waals surface area contributed by atoms with Gasteiger partial charge in [0.2, 0.25) is 0 Å². The molecule has 0 spiro atoms. The second-order valence-corrected chi connectivity index (χ2v) is 7.80. The van der Waals surface area contributed by atoms with Gasteiger partial charge in [0.15, 0.2) is 6.61 Å². The number of amides is 1. The zero-order valence-corrected chi connectivity index (χ0v) is 13.6. The number of esters is 1. The summed E-state index contributed by atoms with van der Waals surface area (Å²) in [6, 6.07) is 5.63. The van der Waals surface area contributed by atoms with Crippen LogP contribution in [0.15, 0.2) is 24.3 Å². The van der Waals surface area contributed by atoms with Crippen molar-refractivity contribution in [2.75, 3.05) is 6.61 Å². The van der Waals surface area contributed by atoms with Gasteiger partial charge in [0, 0.05) is 5.54 Å². The fourth-order valence-electron chi connectivity index (χ4n) is 5.43. The molecule has 5 rings (SSSR count). The zero-order valence-electron chi connectivity index (χ0n) is 13.6. The maximum absolute atomic E-state index is 13.5. The topological polar surface area (TPSA) is 55.4 Å². The predicted molar refractivity (Wildman–Crippen MR) is 85.7 cm³/mol. The summed E-state index contributed by atoms with van der Waals surface area (Å²) in [6.07, 6.45) is 7.05. The maximum atomic E-state index is 13.5. The van der Waals surface area contributed by atoms with E-state index in [0.29, 0.717) is 0 Å². The summed E-state index contributed by atoms with van der Waals surface area (Å²) in [5, 5.41) is 3.14. The molecule has 0 aromatic heterocycles. The van der Waals surface area contributed by atoms with Crippen LogP contribution < -0.4 is 5.32 Å². The number of benzene rings is 1. The quantitative estimate of drug-likeness (QED) is 0.863. The summed E-state index contributed by atoms with van der Waals surface area (Å²) in [4.78, 5) is 24.2. The van der Waals surface area contributed by atoms with Crippen molar-refractivity contribution in [3.8, 4) is 0 Å². The molecule has 1 aromatic carbocycles. The van der Waals surface area contributed by atoms with Crippen LogP contribution >= 0.6 is 0 Å². The van der Waals surface area contributed by atoms with Gasteiger partial charge in [0.05, 0.1) is 5.56 Å². The summed E-state index contributed by atoms with van der Waals surface area (Å²) < 4.78 is 18.5. The van der Waals surface area contributed by atoms with Gasteiger partial charge < -0.3 is 10.1 Å². The first-order chi connectivity index (χ1) is 11.5. The van der Waals surface area contributed by atoms with E-state index in [1.807, 2.05) is 0 Å². The van der Waals surface area contributed by atoms with E-state index in [9.17, 15) is 14.0 Å².